The van der Waals surface area contributed by atoms with E-state index in [9.17, 15) is 4.79 Å². The summed E-state index contributed by atoms with van der Waals surface area (Å²) in [4.78, 5) is 16.7. The number of anilines is 1. The maximum Gasteiger partial charge on any atom is 0.270 e. The third-order valence-electron chi connectivity index (χ3n) is 2.85. The number of ether oxygens (including phenoxy) is 2. The fraction of sp³-hybridized carbons (Fsp3) is 0.176. The number of para-hydroxylation sites is 1. The second-order valence-electron chi connectivity index (χ2n) is 4.56. The van der Waals surface area contributed by atoms with Crippen LogP contribution in [0.1, 0.15) is 0 Å². The van der Waals surface area contributed by atoms with Gasteiger partial charge in [0.25, 0.3) is 5.91 Å². The molecule has 6 nitrogen and oxygen atoms in total. The Morgan fingerprint density at radius 1 is 1.21 bits per heavy atom. The molecule has 0 fully saturated rings. The summed E-state index contributed by atoms with van der Waals surface area (Å²) in [5.74, 6) is 0.786. The molecule has 2 aromatic carbocycles. The minimum absolute atomic E-state index is 0.221. The zero-order valence-corrected chi connectivity index (χ0v) is 13.8. The smallest absolute Gasteiger partial charge is 0.270 e. The normalized spacial score (nSPS) is 10.4. The minimum atomic E-state index is -0.459. The quantitative estimate of drug-likeness (QED) is 0.451. The Morgan fingerprint density at radius 3 is 2.75 bits per heavy atom. The van der Waals surface area contributed by atoms with E-state index < -0.39 is 5.91 Å². The zero-order chi connectivity index (χ0) is 17.2. The number of nitrogens with one attached hydrogen (secondary N) is 1. The van der Waals surface area contributed by atoms with E-state index in [4.69, 9.17) is 25.9 Å². The second-order valence-corrected chi connectivity index (χ2v) is 5.00. The van der Waals surface area contributed by atoms with Gasteiger partial charge in [0.15, 0.2) is 6.61 Å². The number of hydrogen-bond donors (Lipinski definition) is 1. The maximum atomic E-state index is 11.8. The molecule has 0 aliphatic rings. The van der Waals surface area contributed by atoms with Crippen LogP contribution < -0.4 is 14.8 Å². The molecular weight excluding hydrogens is 332 g/mol. The van der Waals surface area contributed by atoms with Gasteiger partial charge in [-0.15, -0.1) is 0 Å². The van der Waals surface area contributed by atoms with Crippen LogP contribution in [0, 0.1) is 0 Å². The zero-order valence-electron chi connectivity index (χ0n) is 13.1. The number of benzene rings is 2. The molecule has 0 unspecified atom stereocenters. The monoisotopic (exact) mass is 348 g/mol. The van der Waals surface area contributed by atoms with Crippen molar-refractivity contribution in [3.8, 4) is 11.5 Å². The summed E-state index contributed by atoms with van der Waals surface area (Å²) in [7, 11) is 1.50. The number of hydrogen-bond acceptors (Lipinski definition) is 5. The second kappa shape index (κ2) is 9.42. The van der Waals surface area contributed by atoms with E-state index in [1.807, 2.05) is 30.3 Å². The van der Waals surface area contributed by atoms with Crippen LogP contribution >= 0.6 is 11.6 Å². The molecule has 0 radical (unpaired) electrons. The first-order chi connectivity index (χ1) is 11.7. The van der Waals surface area contributed by atoms with Crippen LogP contribution in [0.25, 0.3) is 0 Å². The van der Waals surface area contributed by atoms with Gasteiger partial charge in [0.1, 0.15) is 24.3 Å². The molecule has 1 N–H and O–H groups in total. The van der Waals surface area contributed by atoms with E-state index >= 15 is 0 Å². The van der Waals surface area contributed by atoms with Crippen LogP contribution in [-0.4, -0.2) is 32.4 Å². The van der Waals surface area contributed by atoms with Crippen LogP contribution in [0.4, 0.5) is 5.69 Å². The van der Waals surface area contributed by atoms with Gasteiger partial charge in [-0.05, 0) is 30.3 Å². The molecule has 0 spiro atoms. The molecule has 0 heterocycles. The maximum absolute atomic E-state index is 11.8. The molecule has 0 bridgehead atoms. The van der Waals surface area contributed by atoms with Gasteiger partial charge in [0.2, 0.25) is 0 Å². The Balaban J connectivity index is 1.72. The molecule has 2 rings (SSSR count). The lowest BCUT2D eigenvalue weighted by Crippen LogP contribution is -2.14. The summed E-state index contributed by atoms with van der Waals surface area (Å²) < 4.78 is 10.6. The lowest BCUT2D eigenvalue weighted by molar-refractivity contribution is -0.110. The van der Waals surface area contributed by atoms with Gasteiger partial charge < -0.3 is 19.6 Å². The Bertz CT molecular complexity index is 692. The number of halogens is 1. The lowest BCUT2D eigenvalue weighted by atomic mass is 10.3. The van der Waals surface area contributed by atoms with Crippen molar-refractivity contribution in [2.45, 2.75) is 0 Å². The van der Waals surface area contributed by atoms with Gasteiger partial charge >= 0.3 is 0 Å². The summed E-state index contributed by atoms with van der Waals surface area (Å²) in [6.07, 6.45) is 1.03. The molecule has 0 aromatic heterocycles. The highest BCUT2D eigenvalue weighted by molar-refractivity contribution is 6.33. The third-order valence-corrected chi connectivity index (χ3v) is 3.09. The highest BCUT2D eigenvalue weighted by Crippen LogP contribution is 2.27. The summed E-state index contributed by atoms with van der Waals surface area (Å²) >= 11 is 5.89. The van der Waals surface area contributed by atoms with Gasteiger partial charge in [-0.2, -0.15) is 0 Å². The Morgan fingerprint density at radius 2 is 2.00 bits per heavy atom. The van der Waals surface area contributed by atoms with Crippen molar-refractivity contribution in [3.05, 3.63) is 53.6 Å². The molecule has 2 aromatic rings. The molecular formula is C17H17ClN2O4. The predicted octanol–water partition coefficient (Wildman–Crippen LogP) is 3.37. The van der Waals surface area contributed by atoms with Crippen molar-refractivity contribution in [3.63, 3.8) is 0 Å². The molecule has 24 heavy (non-hydrogen) atoms. The molecule has 0 atom stereocenters. The number of carbonyl (C=O) groups is 1. The van der Waals surface area contributed by atoms with Crippen LogP contribution in [-0.2, 0) is 9.63 Å². The number of amides is 1. The summed E-state index contributed by atoms with van der Waals surface area (Å²) in [6, 6.07) is 14.3. The van der Waals surface area contributed by atoms with Gasteiger partial charge in [0.05, 0.1) is 12.8 Å². The number of carbonyl (C=O) groups excluding carboxylic acids is 1. The number of oxime groups is 1. The average Bonchev–Trinajstić information content (AvgIpc) is 2.59. The van der Waals surface area contributed by atoms with Crippen molar-refractivity contribution in [2.24, 2.45) is 5.16 Å². The fourth-order valence-corrected chi connectivity index (χ4v) is 1.97. The standard InChI is InChI=1S/C17H17ClN2O4/c1-22-16-8-7-13(18)11-15(16)20-17(21)12-19-24-10-9-23-14-5-3-2-4-6-14/h2-8,11-12H,9-10H2,1H3,(H,20,21)/b19-12-. The first kappa shape index (κ1) is 17.6. The van der Waals surface area contributed by atoms with Crippen molar-refractivity contribution >= 4 is 29.4 Å². The van der Waals surface area contributed by atoms with Crippen molar-refractivity contribution in [1.82, 2.24) is 0 Å². The molecule has 0 aliphatic heterocycles. The van der Waals surface area contributed by atoms with Crippen molar-refractivity contribution < 1.29 is 19.1 Å². The van der Waals surface area contributed by atoms with Gasteiger partial charge in [-0.25, -0.2) is 0 Å². The summed E-state index contributed by atoms with van der Waals surface area (Å²) in [5.41, 5.74) is 0.453. The number of methoxy groups -OCH3 is 1. The first-order valence-electron chi connectivity index (χ1n) is 7.17. The average molecular weight is 349 g/mol. The number of rotatable bonds is 8. The summed E-state index contributed by atoms with van der Waals surface area (Å²) in [6.45, 7) is 0.546. The van der Waals surface area contributed by atoms with Gasteiger partial charge in [-0.3, -0.25) is 4.79 Å². The van der Waals surface area contributed by atoms with Crippen LogP contribution in [0.3, 0.4) is 0 Å². The molecule has 0 aliphatic carbocycles. The van der Waals surface area contributed by atoms with E-state index in [0.717, 1.165) is 12.0 Å². The van der Waals surface area contributed by atoms with E-state index in [2.05, 4.69) is 10.5 Å². The van der Waals surface area contributed by atoms with Crippen molar-refractivity contribution in [2.75, 3.05) is 25.6 Å². The third kappa shape index (κ3) is 5.81. The van der Waals surface area contributed by atoms with Gasteiger partial charge in [0, 0.05) is 5.02 Å². The topological polar surface area (TPSA) is 69.2 Å². The Kier molecular flexibility index (Phi) is 6.91. The molecule has 7 heteroatoms. The largest absolute Gasteiger partial charge is 0.495 e. The highest BCUT2D eigenvalue weighted by atomic mass is 35.5. The van der Waals surface area contributed by atoms with Crippen molar-refractivity contribution in [1.29, 1.82) is 0 Å². The van der Waals surface area contributed by atoms with Crippen LogP contribution in [0.5, 0.6) is 11.5 Å². The SMILES string of the molecule is COc1ccc(Cl)cc1NC(=O)/C=N\OCCOc1ccccc1. The van der Waals surface area contributed by atoms with Crippen LogP contribution in [0.2, 0.25) is 5.02 Å². The first-order valence-corrected chi connectivity index (χ1v) is 7.54. The van der Waals surface area contributed by atoms with Crippen LogP contribution in [0.15, 0.2) is 53.7 Å². The van der Waals surface area contributed by atoms with E-state index in [0.29, 0.717) is 23.1 Å². The highest BCUT2D eigenvalue weighted by Gasteiger charge is 2.06. The Labute approximate surface area is 145 Å². The molecule has 1 amide bonds. The number of nitrogens with zero attached hydrogens (tertiary/aromatic N) is 1. The Hall–Kier alpha value is -2.73. The molecule has 126 valence electrons. The van der Waals surface area contributed by atoms with E-state index in [1.165, 1.54) is 7.11 Å². The lowest BCUT2D eigenvalue weighted by Gasteiger charge is -2.08. The summed E-state index contributed by atoms with van der Waals surface area (Å²) in [5, 5.41) is 6.68. The van der Waals surface area contributed by atoms with E-state index in [1.54, 1.807) is 18.2 Å². The molecule has 0 saturated carbocycles. The molecule has 0 saturated heterocycles. The minimum Gasteiger partial charge on any atom is -0.495 e. The van der Waals surface area contributed by atoms with E-state index in [-0.39, 0.29) is 6.61 Å². The van der Waals surface area contributed by atoms with Gasteiger partial charge in [-0.1, -0.05) is 35.0 Å². The predicted molar refractivity (Wildman–Crippen MR) is 93.0 cm³/mol. The fourth-order valence-electron chi connectivity index (χ4n) is 1.79.